The van der Waals surface area contributed by atoms with Crippen molar-refractivity contribution in [3.63, 3.8) is 0 Å². The molecule has 2 N–H and O–H groups in total. The maximum Gasteiger partial charge on any atom is 0.275 e. The quantitative estimate of drug-likeness (QED) is 0.725. The third-order valence-corrected chi connectivity index (χ3v) is 4.72. The van der Waals surface area contributed by atoms with E-state index in [1.54, 1.807) is 29.1 Å². The lowest BCUT2D eigenvalue weighted by Gasteiger charge is -2.31. The number of benzene rings is 1. The fraction of sp³-hybridized carbons (Fsp3) is 0.300. The number of fused-ring (bicyclic) bond motifs is 1. The molecule has 1 aromatic carbocycles. The topological polar surface area (TPSA) is 97.6 Å². The lowest BCUT2D eigenvalue weighted by molar-refractivity contribution is -0.120. The molecule has 28 heavy (non-hydrogen) atoms. The first-order chi connectivity index (χ1) is 13.6. The predicted octanol–water partition coefficient (Wildman–Crippen LogP) is 2.34. The van der Waals surface area contributed by atoms with Gasteiger partial charge in [-0.2, -0.15) is 0 Å². The number of nitrogens with one attached hydrogen (secondary N) is 2. The summed E-state index contributed by atoms with van der Waals surface area (Å²) in [4.78, 5) is 32.5. The molecule has 0 bridgehead atoms. The van der Waals surface area contributed by atoms with Crippen molar-refractivity contribution in [3.8, 4) is 0 Å². The van der Waals surface area contributed by atoms with E-state index in [1.165, 1.54) is 6.92 Å². The Bertz CT molecular complexity index is 983. The number of carbonyl (C=O) groups excluding carboxylic acids is 2. The Balaban J connectivity index is 1.54. The molecule has 2 amide bonds. The number of aromatic nitrogens is 3. The highest BCUT2D eigenvalue weighted by Gasteiger charge is 2.26. The van der Waals surface area contributed by atoms with Crippen LogP contribution in [0.1, 0.15) is 41.9 Å². The van der Waals surface area contributed by atoms with Crippen LogP contribution in [0.3, 0.4) is 0 Å². The Hall–Kier alpha value is -3.26. The first kappa shape index (κ1) is 18.1. The number of ether oxygens (including phenoxy) is 1. The van der Waals surface area contributed by atoms with Crippen molar-refractivity contribution in [2.75, 3.05) is 11.9 Å². The van der Waals surface area contributed by atoms with Crippen LogP contribution in [-0.4, -0.2) is 38.8 Å². The van der Waals surface area contributed by atoms with Gasteiger partial charge in [0.05, 0.1) is 6.10 Å². The standard InChI is InChI=1S/C20H21N5O3/c1-13(26)22-14-7-10-28-18(11-14)15-5-2-3-6-16(15)23-19(27)17-12-25-9-4-8-21-20(25)24-17/h2-6,8-9,12,14,18H,7,10-11H2,1H3,(H,22,26)(H,23,27)/t14-,18+/m1/s1. The minimum Gasteiger partial charge on any atom is -0.373 e. The van der Waals surface area contributed by atoms with Gasteiger partial charge >= 0.3 is 0 Å². The largest absolute Gasteiger partial charge is 0.373 e. The third kappa shape index (κ3) is 3.86. The average Bonchev–Trinajstić information content (AvgIpc) is 3.12. The first-order valence-electron chi connectivity index (χ1n) is 9.19. The van der Waals surface area contributed by atoms with E-state index in [0.29, 0.717) is 24.5 Å². The summed E-state index contributed by atoms with van der Waals surface area (Å²) in [6.07, 6.45) is 6.29. The molecule has 4 rings (SSSR count). The highest BCUT2D eigenvalue weighted by Crippen LogP contribution is 2.33. The first-order valence-corrected chi connectivity index (χ1v) is 9.19. The van der Waals surface area contributed by atoms with Gasteiger partial charge in [0.1, 0.15) is 5.69 Å². The number of para-hydroxylation sites is 1. The lowest BCUT2D eigenvalue weighted by Crippen LogP contribution is -2.38. The van der Waals surface area contributed by atoms with Crippen molar-refractivity contribution < 1.29 is 14.3 Å². The number of carbonyl (C=O) groups is 2. The molecule has 144 valence electrons. The normalized spacial score (nSPS) is 19.3. The van der Waals surface area contributed by atoms with Gasteiger partial charge in [0, 0.05) is 49.4 Å². The Morgan fingerprint density at radius 3 is 2.93 bits per heavy atom. The summed E-state index contributed by atoms with van der Waals surface area (Å²) in [5.41, 5.74) is 1.84. The van der Waals surface area contributed by atoms with Crippen LogP contribution < -0.4 is 10.6 Å². The van der Waals surface area contributed by atoms with Gasteiger partial charge in [-0.3, -0.25) is 14.0 Å². The van der Waals surface area contributed by atoms with Gasteiger partial charge in [-0.15, -0.1) is 0 Å². The highest BCUT2D eigenvalue weighted by atomic mass is 16.5. The van der Waals surface area contributed by atoms with Crippen molar-refractivity contribution in [2.24, 2.45) is 0 Å². The molecular weight excluding hydrogens is 358 g/mol. The molecule has 0 unspecified atom stereocenters. The fourth-order valence-corrected chi connectivity index (χ4v) is 3.45. The lowest BCUT2D eigenvalue weighted by atomic mass is 9.96. The number of amides is 2. The smallest absolute Gasteiger partial charge is 0.275 e. The van der Waals surface area contributed by atoms with Crippen molar-refractivity contribution in [3.05, 3.63) is 60.2 Å². The molecule has 1 saturated heterocycles. The van der Waals surface area contributed by atoms with E-state index in [9.17, 15) is 9.59 Å². The second kappa shape index (κ2) is 7.77. The summed E-state index contributed by atoms with van der Waals surface area (Å²) in [5, 5.41) is 5.89. The molecule has 1 fully saturated rings. The van der Waals surface area contributed by atoms with Crippen LogP contribution in [0, 0.1) is 0 Å². The zero-order valence-electron chi connectivity index (χ0n) is 15.5. The summed E-state index contributed by atoms with van der Waals surface area (Å²) in [6.45, 7) is 2.07. The summed E-state index contributed by atoms with van der Waals surface area (Å²) < 4.78 is 7.62. The maximum absolute atomic E-state index is 12.7. The minimum atomic E-state index is -0.313. The van der Waals surface area contributed by atoms with Crippen LogP contribution in [0.4, 0.5) is 5.69 Å². The van der Waals surface area contributed by atoms with Gasteiger partial charge < -0.3 is 15.4 Å². The van der Waals surface area contributed by atoms with Gasteiger partial charge in [0.25, 0.3) is 5.91 Å². The molecular formula is C20H21N5O3. The molecule has 1 aliphatic heterocycles. The van der Waals surface area contributed by atoms with Gasteiger partial charge in [-0.05, 0) is 25.0 Å². The Kier molecular flexibility index (Phi) is 5.03. The average molecular weight is 379 g/mol. The van der Waals surface area contributed by atoms with Crippen molar-refractivity contribution in [1.82, 2.24) is 19.7 Å². The van der Waals surface area contributed by atoms with Crippen LogP contribution in [0.15, 0.2) is 48.9 Å². The molecule has 0 saturated carbocycles. The van der Waals surface area contributed by atoms with E-state index in [1.807, 2.05) is 24.3 Å². The molecule has 2 atom stereocenters. The number of hydrogen-bond acceptors (Lipinski definition) is 5. The monoisotopic (exact) mass is 379 g/mol. The van der Waals surface area contributed by atoms with Crippen molar-refractivity contribution >= 4 is 23.3 Å². The van der Waals surface area contributed by atoms with E-state index in [-0.39, 0.29) is 29.7 Å². The van der Waals surface area contributed by atoms with E-state index in [0.717, 1.165) is 12.0 Å². The van der Waals surface area contributed by atoms with Crippen LogP contribution >= 0.6 is 0 Å². The summed E-state index contributed by atoms with van der Waals surface area (Å²) in [5.74, 6) is 0.106. The zero-order valence-corrected chi connectivity index (χ0v) is 15.5. The van der Waals surface area contributed by atoms with Crippen molar-refractivity contribution in [1.29, 1.82) is 0 Å². The molecule has 1 aliphatic rings. The van der Waals surface area contributed by atoms with Crippen LogP contribution in [0.5, 0.6) is 0 Å². The molecule has 0 spiro atoms. The van der Waals surface area contributed by atoms with E-state index in [2.05, 4.69) is 20.6 Å². The molecule has 0 aliphatic carbocycles. The van der Waals surface area contributed by atoms with Crippen LogP contribution in [-0.2, 0) is 9.53 Å². The molecule has 0 radical (unpaired) electrons. The zero-order chi connectivity index (χ0) is 19.5. The Morgan fingerprint density at radius 1 is 1.25 bits per heavy atom. The second-order valence-corrected chi connectivity index (χ2v) is 6.78. The fourth-order valence-electron chi connectivity index (χ4n) is 3.45. The highest BCUT2D eigenvalue weighted by molar-refractivity contribution is 6.03. The number of rotatable bonds is 4. The van der Waals surface area contributed by atoms with Crippen LogP contribution in [0.2, 0.25) is 0 Å². The molecule has 8 heteroatoms. The van der Waals surface area contributed by atoms with Gasteiger partial charge in [0.2, 0.25) is 11.7 Å². The summed E-state index contributed by atoms with van der Waals surface area (Å²) in [6, 6.07) is 9.37. The molecule has 3 heterocycles. The molecule has 8 nitrogen and oxygen atoms in total. The SMILES string of the molecule is CC(=O)N[C@@H]1CCO[C@H](c2ccccc2NC(=O)c2cn3cccnc3n2)C1. The van der Waals surface area contributed by atoms with Gasteiger partial charge in [-0.25, -0.2) is 9.97 Å². The van der Waals surface area contributed by atoms with Gasteiger partial charge in [0.15, 0.2) is 0 Å². The molecule has 2 aromatic heterocycles. The van der Waals surface area contributed by atoms with E-state index < -0.39 is 0 Å². The number of anilines is 1. The number of nitrogens with zero attached hydrogens (tertiary/aromatic N) is 3. The van der Waals surface area contributed by atoms with E-state index in [4.69, 9.17) is 4.74 Å². The Labute approximate surface area is 161 Å². The van der Waals surface area contributed by atoms with Crippen molar-refractivity contribution in [2.45, 2.75) is 31.9 Å². The molecule has 3 aromatic rings. The summed E-state index contributed by atoms with van der Waals surface area (Å²) >= 11 is 0. The number of hydrogen-bond donors (Lipinski definition) is 2. The van der Waals surface area contributed by atoms with E-state index >= 15 is 0 Å². The predicted molar refractivity (Wildman–Crippen MR) is 103 cm³/mol. The number of imidazole rings is 1. The Morgan fingerprint density at radius 2 is 2.11 bits per heavy atom. The second-order valence-electron chi connectivity index (χ2n) is 6.78. The maximum atomic E-state index is 12.7. The van der Waals surface area contributed by atoms with Crippen LogP contribution in [0.25, 0.3) is 5.78 Å². The van der Waals surface area contributed by atoms with Gasteiger partial charge in [-0.1, -0.05) is 18.2 Å². The minimum absolute atomic E-state index is 0.0484. The third-order valence-electron chi connectivity index (χ3n) is 4.72. The summed E-state index contributed by atoms with van der Waals surface area (Å²) in [7, 11) is 0.